The first-order chi connectivity index (χ1) is 16.7. The Labute approximate surface area is 196 Å². The van der Waals surface area contributed by atoms with E-state index in [1.807, 2.05) is 79.1 Å². The molecule has 0 radical (unpaired) electrons. The average molecular weight is 450 g/mol. The van der Waals surface area contributed by atoms with Gasteiger partial charge in [0.15, 0.2) is 11.5 Å². The molecule has 0 bridgehead atoms. The fourth-order valence-corrected chi connectivity index (χ4v) is 3.77. The summed E-state index contributed by atoms with van der Waals surface area (Å²) < 4.78 is 16.8. The average Bonchev–Trinajstić information content (AvgIpc) is 3.36. The van der Waals surface area contributed by atoms with Crippen LogP contribution >= 0.6 is 0 Å². The summed E-state index contributed by atoms with van der Waals surface area (Å²) in [6.45, 7) is 0. The molecule has 168 valence electrons. The number of benzene rings is 3. The molecular weight excluding hydrogens is 426 g/mol. The molecule has 6 aromatic rings. The van der Waals surface area contributed by atoms with E-state index in [0.717, 1.165) is 38.8 Å². The molecule has 0 aliphatic heterocycles. The zero-order valence-corrected chi connectivity index (χ0v) is 18.9. The third kappa shape index (κ3) is 4.34. The molecule has 34 heavy (non-hydrogen) atoms. The van der Waals surface area contributed by atoms with Gasteiger partial charge in [-0.25, -0.2) is 0 Å². The first-order valence-electron chi connectivity index (χ1n) is 10.8. The zero-order valence-electron chi connectivity index (χ0n) is 18.9. The largest absolute Gasteiger partial charge is 0.493 e. The predicted molar refractivity (Wildman–Crippen MR) is 135 cm³/mol. The monoisotopic (exact) mass is 449 g/mol. The standard InChI is InChI=1S/C19H16N2O3.C9H7N/c1-22-18-10-14-16(11-19(18)23-2)21-8-6-17(14)24-13-3-4-15-12(9-13)5-7-20-15;1-2-6-9-8(4-1)5-3-7-10-9/h3-11,20H,1-2H3;1-7H. The molecule has 6 nitrogen and oxygen atoms in total. The molecule has 0 saturated heterocycles. The van der Waals surface area contributed by atoms with Crippen molar-refractivity contribution >= 4 is 32.7 Å². The summed E-state index contributed by atoms with van der Waals surface area (Å²) in [5, 5.41) is 3.17. The van der Waals surface area contributed by atoms with Gasteiger partial charge >= 0.3 is 0 Å². The second kappa shape index (κ2) is 9.50. The second-order valence-corrected chi connectivity index (χ2v) is 7.56. The van der Waals surface area contributed by atoms with Gasteiger partial charge in [0.1, 0.15) is 11.5 Å². The van der Waals surface area contributed by atoms with Crippen molar-refractivity contribution in [2.24, 2.45) is 0 Å². The van der Waals surface area contributed by atoms with Crippen LogP contribution in [0.15, 0.2) is 97.5 Å². The number of hydrogen-bond acceptors (Lipinski definition) is 5. The van der Waals surface area contributed by atoms with Gasteiger partial charge in [-0.3, -0.25) is 9.97 Å². The van der Waals surface area contributed by atoms with Crippen LogP contribution in [0.4, 0.5) is 0 Å². The fourth-order valence-electron chi connectivity index (χ4n) is 3.77. The first-order valence-corrected chi connectivity index (χ1v) is 10.8. The van der Waals surface area contributed by atoms with E-state index in [0.29, 0.717) is 11.5 Å². The summed E-state index contributed by atoms with van der Waals surface area (Å²) in [5.41, 5.74) is 2.92. The first kappa shape index (κ1) is 21.3. The highest BCUT2D eigenvalue weighted by Gasteiger charge is 2.11. The molecule has 0 amide bonds. The van der Waals surface area contributed by atoms with Gasteiger partial charge in [-0.1, -0.05) is 24.3 Å². The molecule has 1 N–H and O–H groups in total. The molecule has 0 atom stereocenters. The number of rotatable bonds is 4. The van der Waals surface area contributed by atoms with Crippen LogP contribution < -0.4 is 14.2 Å². The highest BCUT2D eigenvalue weighted by Crippen LogP contribution is 2.37. The van der Waals surface area contributed by atoms with Gasteiger partial charge in [0.25, 0.3) is 0 Å². The van der Waals surface area contributed by atoms with Crippen LogP contribution in [0.5, 0.6) is 23.0 Å². The molecule has 0 unspecified atom stereocenters. The van der Waals surface area contributed by atoms with Crippen LogP contribution in [0.1, 0.15) is 0 Å². The Morgan fingerprint density at radius 2 is 1.44 bits per heavy atom. The molecule has 0 saturated carbocycles. The Bertz CT molecular complexity index is 1510. The molecule has 6 rings (SSSR count). The zero-order chi connectivity index (χ0) is 23.3. The van der Waals surface area contributed by atoms with Crippen molar-refractivity contribution in [3.05, 3.63) is 97.5 Å². The van der Waals surface area contributed by atoms with Crippen molar-refractivity contribution in [1.82, 2.24) is 15.0 Å². The normalized spacial score (nSPS) is 10.6. The lowest BCUT2D eigenvalue weighted by Gasteiger charge is -2.12. The van der Waals surface area contributed by atoms with E-state index in [-0.39, 0.29) is 0 Å². The van der Waals surface area contributed by atoms with Gasteiger partial charge in [-0.05, 0) is 48.5 Å². The number of ether oxygens (including phenoxy) is 3. The number of pyridine rings is 2. The third-order valence-electron chi connectivity index (χ3n) is 5.47. The number of nitrogens with zero attached hydrogens (tertiary/aromatic N) is 2. The number of methoxy groups -OCH3 is 2. The van der Waals surface area contributed by atoms with E-state index in [9.17, 15) is 0 Å². The summed E-state index contributed by atoms with van der Waals surface area (Å²) in [6.07, 6.45) is 5.44. The van der Waals surface area contributed by atoms with Crippen molar-refractivity contribution < 1.29 is 14.2 Å². The van der Waals surface area contributed by atoms with Gasteiger partial charge in [0.05, 0.1) is 25.3 Å². The number of para-hydroxylation sites is 1. The Kier molecular flexibility index (Phi) is 5.95. The summed E-state index contributed by atoms with van der Waals surface area (Å²) in [7, 11) is 3.22. The smallest absolute Gasteiger partial charge is 0.162 e. The Hall–Kier alpha value is -4.58. The molecule has 0 spiro atoms. The Balaban J connectivity index is 0.000000200. The number of hydrogen-bond donors (Lipinski definition) is 1. The number of H-pyrrole nitrogens is 1. The van der Waals surface area contributed by atoms with Crippen LogP contribution in [0.3, 0.4) is 0 Å². The predicted octanol–water partition coefficient (Wildman–Crippen LogP) is 6.76. The summed E-state index contributed by atoms with van der Waals surface area (Å²) in [6, 6.07) is 25.6. The van der Waals surface area contributed by atoms with Crippen molar-refractivity contribution in [3.63, 3.8) is 0 Å². The lowest BCUT2D eigenvalue weighted by Crippen LogP contribution is -1.93. The second-order valence-electron chi connectivity index (χ2n) is 7.56. The van der Waals surface area contributed by atoms with Gasteiger partial charge < -0.3 is 19.2 Å². The molecule has 3 aromatic carbocycles. The quantitative estimate of drug-likeness (QED) is 0.322. The van der Waals surface area contributed by atoms with E-state index in [4.69, 9.17) is 14.2 Å². The van der Waals surface area contributed by atoms with Gasteiger partial charge in [0.2, 0.25) is 0 Å². The molecular formula is C28H23N3O3. The van der Waals surface area contributed by atoms with Crippen LogP contribution in [0.25, 0.3) is 32.7 Å². The minimum Gasteiger partial charge on any atom is -0.493 e. The van der Waals surface area contributed by atoms with Crippen molar-refractivity contribution in [1.29, 1.82) is 0 Å². The minimum atomic E-state index is 0.642. The number of fused-ring (bicyclic) bond motifs is 3. The maximum atomic E-state index is 6.09. The maximum Gasteiger partial charge on any atom is 0.162 e. The topological polar surface area (TPSA) is 69.3 Å². The van der Waals surface area contributed by atoms with E-state index in [2.05, 4.69) is 27.1 Å². The van der Waals surface area contributed by atoms with Crippen molar-refractivity contribution in [2.45, 2.75) is 0 Å². The van der Waals surface area contributed by atoms with Gasteiger partial charge in [0, 0.05) is 46.3 Å². The molecule has 0 fully saturated rings. The van der Waals surface area contributed by atoms with E-state index >= 15 is 0 Å². The molecule has 6 heteroatoms. The van der Waals surface area contributed by atoms with Crippen LogP contribution in [-0.2, 0) is 0 Å². The van der Waals surface area contributed by atoms with Gasteiger partial charge in [-0.15, -0.1) is 0 Å². The Morgan fingerprint density at radius 3 is 2.29 bits per heavy atom. The van der Waals surface area contributed by atoms with E-state index in [1.54, 1.807) is 20.4 Å². The number of aromatic amines is 1. The minimum absolute atomic E-state index is 0.642. The third-order valence-corrected chi connectivity index (χ3v) is 5.47. The lowest BCUT2D eigenvalue weighted by molar-refractivity contribution is 0.355. The highest BCUT2D eigenvalue weighted by atomic mass is 16.5. The molecule has 0 aliphatic rings. The Morgan fingerprint density at radius 1 is 0.647 bits per heavy atom. The molecule has 3 heterocycles. The molecule has 3 aromatic heterocycles. The van der Waals surface area contributed by atoms with Gasteiger partial charge in [-0.2, -0.15) is 0 Å². The maximum absolute atomic E-state index is 6.09. The van der Waals surface area contributed by atoms with Crippen molar-refractivity contribution in [2.75, 3.05) is 14.2 Å². The fraction of sp³-hybridized carbons (Fsp3) is 0.0714. The number of aromatic nitrogens is 3. The lowest BCUT2D eigenvalue weighted by atomic mass is 10.1. The summed E-state index contributed by atoms with van der Waals surface area (Å²) in [4.78, 5) is 11.7. The van der Waals surface area contributed by atoms with Crippen LogP contribution in [0.2, 0.25) is 0 Å². The molecule has 0 aliphatic carbocycles. The van der Waals surface area contributed by atoms with E-state index in [1.165, 1.54) is 5.39 Å². The van der Waals surface area contributed by atoms with Crippen LogP contribution in [-0.4, -0.2) is 29.2 Å². The highest BCUT2D eigenvalue weighted by molar-refractivity contribution is 5.88. The van der Waals surface area contributed by atoms with E-state index < -0.39 is 0 Å². The summed E-state index contributed by atoms with van der Waals surface area (Å²) in [5.74, 6) is 2.77. The number of nitrogens with one attached hydrogen (secondary N) is 1. The van der Waals surface area contributed by atoms with Crippen LogP contribution in [0, 0.1) is 0 Å². The van der Waals surface area contributed by atoms with Crippen molar-refractivity contribution in [3.8, 4) is 23.0 Å². The SMILES string of the molecule is COc1cc2nccc(Oc3ccc4[nH]ccc4c3)c2cc1OC.c1ccc2ncccc2c1. The summed E-state index contributed by atoms with van der Waals surface area (Å²) >= 11 is 0.